The molecule has 2 aromatic heterocycles. The number of hydrogen-bond acceptors (Lipinski definition) is 8. The zero-order valence-electron chi connectivity index (χ0n) is 21.2. The summed E-state index contributed by atoms with van der Waals surface area (Å²) in [5, 5.41) is 11.1. The highest BCUT2D eigenvalue weighted by Gasteiger charge is 2.27. The molecule has 0 saturated carbocycles. The maximum absolute atomic E-state index is 14.1. The number of anilines is 3. The molecule has 0 aliphatic carbocycles. The van der Waals surface area contributed by atoms with Gasteiger partial charge in [-0.15, -0.1) is 0 Å². The van der Waals surface area contributed by atoms with Gasteiger partial charge in [0.2, 0.25) is 0 Å². The van der Waals surface area contributed by atoms with Crippen LogP contribution in [0.1, 0.15) is 5.56 Å². The molecule has 3 aromatic carbocycles. The summed E-state index contributed by atoms with van der Waals surface area (Å²) in [5.41, 5.74) is 7.87. The van der Waals surface area contributed by atoms with E-state index in [0.29, 0.717) is 27.8 Å². The molecule has 200 valence electrons. The van der Waals surface area contributed by atoms with E-state index in [1.807, 2.05) is 24.3 Å². The van der Waals surface area contributed by atoms with E-state index in [-0.39, 0.29) is 17.2 Å². The fourth-order valence-corrected chi connectivity index (χ4v) is 4.75. The van der Waals surface area contributed by atoms with Crippen LogP contribution >= 0.6 is 11.6 Å². The second kappa shape index (κ2) is 10.8. The van der Waals surface area contributed by atoms with Gasteiger partial charge in [-0.1, -0.05) is 54.1 Å². The van der Waals surface area contributed by atoms with Gasteiger partial charge in [-0.05, 0) is 54.1 Å². The van der Waals surface area contributed by atoms with Crippen molar-refractivity contribution < 1.29 is 8.42 Å². The second-order valence-electron chi connectivity index (χ2n) is 8.92. The molecule has 0 spiro atoms. The van der Waals surface area contributed by atoms with E-state index in [4.69, 9.17) is 27.7 Å². The monoisotopic (exact) mass is 570 g/mol. The molecule has 0 aliphatic heterocycles. The fourth-order valence-electron chi connectivity index (χ4n) is 4.07. The van der Waals surface area contributed by atoms with Crippen molar-refractivity contribution in [2.75, 3.05) is 17.3 Å². The summed E-state index contributed by atoms with van der Waals surface area (Å²) < 4.78 is 26.2. The Bertz CT molecular complexity index is 1870. The molecule has 0 amide bonds. The van der Waals surface area contributed by atoms with Crippen LogP contribution in [0.3, 0.4) is 0 Å². The van der Waals surface area contributed by atoms with E-state index in [1.54, 1.807) is 72.9 Å². The Labute approximate surface area is 235 Å². The number of rotatable bonds is 6. The van der Waals surface area contributed by atoms with Gasteiger partial charge in [-0.2, -0.15) is 0 Å². The Morgan fingerprint density at radius 2 is 1.52 bits per heavy atom. The third-order valence-electron chi connectivity index (χ3n) is 6.07. The lowest BCUT2D eigenvalue weighted by Crippen LogP contribution is -2.32. The number of para-hydroxylation sites is 1. The molecule has 0 unspecified atom stereocenters. The van der Waals surface area contributed by atoms with Crippen molar-refractivity contribution in [2.24, 2.45) is 0 Å². The van der Waals surface area contributed by atoms with Crippen LogP contribution in [0.2, 0.25) is 5.02 Å². The average Bonchev–Trinajstić information content (AvgIpc) is 2.94. The molecule has 0 fully saturated rings. The number of aromatic nitrogens is 3. The van der Waals surface area contributed by atoms with Crippen LogP contribution < -0.4 is 16.6 Å². The maximum atomic E-state index is 14.1. The maximum Gasteiger partial charge on any atom is 0.270 e. The molecule has 9 nitrogen and oxygen atoms in total. The van der Waals surface area contributed by atoms with Gasteiger partial charge < -0.3 is 11.1 Å². The number of benzene rings is 3. The van der Waals surface area contributed by atoms with E-state index in [0.717, 1.165) is 17.4 Å². The number of nitrogen functional groups attached to an aromatic ring is 1. The van der Waals surface area contributed by atoms with Crippen molar-refractivity contribution in [3.63, 3.8) is 0 Å². The van der Waals surface area contributed by atoms with Crippen molar-refractivity contribution in [1.82, 2.24) is 14.5 Å². The summed E-state index contributed by atoms with van der Waals surface area (Å²) in [4.78, 5) is 23.0. The van der Waals surface area contributed by atoms with Crippen LogP contribution in [0.4, 0.5) is 17.3 Å². The van der Waals surface area contributed by atoms with Gasteiger partial charge >= 0.3 is 0 Å². The summed E-state index contributed by atoms with van der Waals surface area (Å²) in [6.07, 6.45) is 2.55. The van der Waals surface area contributed by atoms with E-state index >= 15 is 0 Å². The predicted octanol–water partition coefficient (Wildman–Crippen LogP) is 5.31. The normalized spacial score (nSPS) is 11.2. The predicted molar refractivity (Wildman–Crippen MR) is 159 cm³/mol. The molecule has 40 heavy (non-hydrogen) atoms. The summed E-state index contributed by atoms with van der Waals surface area (Å²) in [7, 11) is -4.06. The number of hydrogen-bond donors (Lipinski definition) is 3. The molecule has 0 bridgehead atoms. The van der Waals surface area contributed by atoms with Crippen LogP contribution in [-0.2, 0) is 9.84 Å². The first-order valence-corrected chi connectivity index (χ1v) is 14.2. The minimum atomic E-state index is -4.06. The minimum Gasteiger partial charge on any atom is -0.384 e. The quantitative estimate of drug-likeness (QED) is 0.185. The van der Waals surface area contributed by atoms with Gasteiger partial charge in [0, 0.05) is 34.3 Å². The Morgan fingerprint density at radius 3 is 2.12 bits per heavy atom. The summed E-state index contributed by atoms with van der Waals surface area (Å²) >= 11 is 6.10. The lowest BCUT2D eigenvalue weighted by Gasteiger charge is -2.18. The lowest BCUT2D eigenvalue weighted by atomic mass is 10.0. The third kappa shape index (κ3) is 5.49. The lowest BCUT2D eigenvalue weighted by molar-refractivity contribution is 0.612. The van der Waals surface area contributed by atoms with Crippen LogP contribution in [-0.4, -0.2) is 34.3 Å². The molecular weight excluding hydrogens is 548 g/mol. The number of sulfone groups is 1. The number of nitrogens with two attached hydrogens (primary N) is 1. The zero-order chi connectivity index (χ0) is 28.4. The molecule has 5 rings (SSSR count). The molecule has 5 aromatic rings. The first-order chi connectivity index (χ1) is 19.1. The highest BCUT2D eigenvalue weighted by Crippen LogP contribution is 2.28. The van der Waals surface area contributed by atoms with Crippen LogP contribution in [0.15, 0.2) is 102 Å². The molecule has 0 atom stereocenters. The summed E-state index contributed by atoms with van der Waals surface area (Å²) in [6, 6.07) is 26.2. The summed E-state index contributed by atoms with van der Waals surface area (Å²) in [6.45, 7) is 0. The molecule has 11 heteroatoms. The van der Waals surface area contributed by atoms with Crippen molar-refractivity contribution in [3.8, 4) is 28.2 Å². The smallest absolute Gasteiger partial charge is 0.270 e. The number of nitrogens with zero attached hydrogens (tertiary/aromatic N) is 3. The molecule has 0 saturated heterocycles. The Balaban J connectivity index is 1.76. The molecule has 4 N–H and O–H groups in total. The van der Waals surface area contributed by atoms with Gasteiger partial charge in [-0.25, -0.2) is 18.4 Å². The highest BCUT2D eigenvalue weighted by molar-refractivity contribution is 8.06. The summed E-state index contributed by atoms with van der Waals surface area (Å²) in [5.74, 6) is 0.589. The minimum absolute atomic E-state index is 0.0568. The van der Waals surface area contributed by atoms with Crippen molar-refractivity contribution in [2.45, 2.75) is 0 Å². The first-order valence-electron chi connectivity index (χ1n) is 12.0. The first kappa shape index (κ1) is 26.8. The molecule has 2 heterocycles. The number of pyridine rings is 1. The van der Waals surface area contributed by atoms with Gasteiger partial charge in [-0.3, -0.25) is 14.8 Å². The number of nitrogens with one attached hydrogen (secondary N) is 2. The topological polar surface area (TPSA) is 144 Å². The molecular formula is C29H23ClN6O3S. The largest absolute Gasteiger partial charge is 0.384 e. The van der Waals surface area contributed by atoms with Gasteiger partial charge in [0.15, 0.2) is 14.9 Å². The van der Waals surface area contributed by atoms with E-state index in [1.165, 1.54) is 4.57 Å². The van der Waals surface area contributed by atoms with Crippen LogP contribution in [0.5, 0.6) is 0 Å². The van der Waals surface area contributed by atoms with Gasteiger partial charge in [0.1, 0.15) is 23.0 Å². The Hall–Kier alpha value is -4.80. The Kier molecular flexibility index (Phi) is 7.20. The third-order valence-corrected chi connectivity index (χ3v) is 7.26. The van der Waals surface area contributed by atoms with Crippen LogP contribution in [0.25, 0.3) is 28.2 Å². The van der Waals surface area contributed by atoms with Gasteiger partial charge in [0.05, 0.1) is 5.69 Å². The molecule has 0 aliphatic rings. The van der Waals surface area contributed by atoms with Gasteiger partial charge in [0.25, 0.3) is 5.56 Å². The van der Waals surface area contributed by atoms with Crippen molar-refractivity contribution >= 4 is 43.8 Å². The molecule has 0 radical (unpaired) electrons. The SMILES string of the molecule is CS(=O)(=O)C(=N)c1c(Nc2ccccc2)nc(-c2ccc(-c3ccc(N)nc3)cc2)n(-c2ccc(Cl)cc2)c1=O. The zero-order valence-corrected chi connectivity index (χ0v) is 22.7. The standard InChI is InChI=1S/C29H23ClN6O3S/c1-40(38,39)26(32)25-27(34-22-5-3-2-4-6-22)35-28(36(29(25)37)23-14-12-21(30)13-15-23)19-9-7-18(8-10-19)20-11-16-24(31)33-17-20/h2-17,32,34H,1H3,(H2,31,33). The van der Waals surface area contributed by atoms with E-state index in [2.05, 4.69) is 10.3 Å². The van der Waals surface area contributed by atoms with Crippen LogP contribution in [0, 0.1) is 5.41 Å². The van der Waals surface area contributed by atoms with Crippen molar-refractivity contribution in [1.29, 1.82) is 5.41 Å². The van der Waals surface area contributed by atoms with Crippen molar-refractivity contribution in [3.05, 3.63) is 118 Å². The second-order valence-corrected chi connectivity index (χ2v) is 11.3. The Morgan fingerprint density at radius 1 is 0.900 bits per heavy atom. The number of halogens is 1. The average molecular weight is 571 g/mol. The van der Waals surface area contributed by atoms with E-state index < -0.39 is 20.4 Å². The highest BCUT2D eigenvalue weighted by atomic mass is 35.5. The van der Waals surface area contributed by atoms with E-state index in [9.17, 15) is 13.2 Å². The fraction of sp³-hybridized carbons (Fsp3) is 0.0345.